The number of rotatable bonds is 3. The highest BCUT2D eigenvalue weighted by molar-refractivity contribution is 5.73. The van der Waals surface area contributed by atoms with Gasteiger partial charge in [0.2, 0.25) is 0 Å². The van der Waals surface area contributed by atoms with Gasteiger partial charge in [-0.2, -0.15) is 4.89 Å². The van der Waals surface area contributed by atoms with Gasteiger partial charge in [-0.1, -0.05) is 0 Å². The fourth-order valence-corrected chi connectivity index (χ4v) is 0.246. The highest BCUT2D eigenvalue weighted by atomic mass is 17.2. The van der Waals surface area contributed by atoms with Crippen LogP contribution in [0.5, 0.6) is 0 Å². The Bertz CT molecular complexity index is 91.0. The summed E-state index contributed by atoms with van der Waals surface area (Å²) in [6, 6.07) is 0. The SMILES string of the molecule is COOC(=O)C(C)OC. The van der Waals surface area contributed by atoms with Crippen molar-refractivity contribution in [1.29, 1.82) is 0 Å². The van der Waals surface area contributed by atoms with Crippen LogP contribution >= 0.6 is 0 Å². The van der Waals surface area contributed by atoms with Crippen LogP contribution in [0.3, 0.4) is 0 Å². The maximum atomic E-state index is 10.5. The van der Waals surface area contributed by atoms with E-state index in [2.05, 4.69) is 14.5 Å². The molecule has 0 spiro atoms. The Morgan fingerprint density at radius 3 is 2.33 bits per heavy atom. The van der Waals surface area contributed by atoms with E-state index in [1.807, 2.05) is 0 Å². The van der Waals surface area contributed by atoms with Gasteiger partial charge in [-0.15, -0.1) is 0 Å². The molecule has 0 amide bonds. The maximum absolute atomic E-state index is 10.5. The Labute approximate surface area is 53.6 Å². The Morgan fingerprint density at radius 2 is 2.00 bits per heavy atom. The second-order valence-electron chi connectivity index (χ2n) is 1.45. The van der Waals surface area contributed by atoms with Gasteiger partial charge < -0.3 is 4.74 Å². The number of ether oxygens (including phenoxy) is 1. The number of methoxy groups -OCH3 is 1. The van der Waals surface area contributed by atoms with Crippen LogP contribution in [0, 0.1) is 0 Å². The molecule has 4 heteroatoms. The van der Waals surface area contributed by atoms with E-state index in [1.165, 1.54) is 14.2 Å². The van der Waals surface area contributed by atoms with E-state index in [1.54, 1.807) is 6.92 Å². The van der Waals surface area contributed by atoms with Crippen LogP contribution in [0.25, 0.3) is 0 Å². The zero-order valence-corrected chi connectivity index (χ0v) is 5.71. The Balaban J connectivity index is 3.46. The molecule has 0 bridgehead atoms. The van der Waals surface area contributed by atoms with E-state index >= 15 is 0 Å². The van der Waals surface area contributed by atoms with Gasteiger partial charge in [0.25, 0.3) is 0 Å². The number of carbonyl (C=O) groups excluding carboxylic acids is 1. The molecule has 0 radical (unpaired) electrons. The first-order valence-corrected chi connectivity index (χ1v) is 2.49. The molecule has 0 aromatic carbocycles. The van der Waals surface area contributed by atoms with Crippen LogP contribution < -0.4 is 0 Å². The predicted octanol–water partition coefficient (Wildman–Crippen LogP) is 0.126. The standard InChI is InChI=1S/C5H10O4/c1-4(7-2)5(6)9-8-3/h4H,1-3H3. The number of hydrogen-bond donors (Lipinski definition) is 0. The Morgan fingerprint density at radius 1 is 1.44 bits per heavy atom. The van der Waals surface area contributed by atoms with Gasteiger partial charge in [0.05, 0.1) is 7.11 Å². The average Bonchev–Trinajstić information content (AvgIpc) is 1.87. The van der Waals surface area contributed by atoms with Gasteiger partial charge in [-0.25, -0.2) is 4.79 Å². The van der Waals surface area contributed by atoms with E-state index in [9.17, 15) is 4.79 Å². The van der Waals surface area contributed by atoms with Crippen LogP contribution in [-0.2, 0) is 19.3 Å². The average molecular weight is 134 g/mol. The summed E-state index contributed by atoms with van der Waals surface area (Å²) in [6.07, 6.45) is -0.565. The normalized spacial score (nSPS) is 12.8. The molecule has 0 rings (SSSR count). The molecule has 0 fully saturated rings. The fraction of sp³-hybridized carbons (Fsp3) is 0.800. The minimum absolute atomic E-state index is 0.528. The molecule has 0 aliphatic rings. The zero-order valence-electron chi connectivity index (χ0n) is 5.71. The Kier molecular flexibility index (Phi) is 4.00. The second-order valence-corrected chi connectivity index (χ2v) is 1.45. The van der Waals surface area contributed by atoms with E-state index in [-0.39, 0.29) is 0 Å². The summed E-state index contributed by atoms with van der Waals surface area (Å²) in [7, 11) is 2.68. The van der Waals surface area contributed by atoms with Crippen molar-refractivity contribution in [3.8, 4) is 0 Å². The van der Waals surface area contributed by atoms with Crippen LogP contribution in [0.15, 0.2) is 0 Å². The molecule has 1 unspecified atom stereocenters. The van der Waals surface area contributed by atoms with Gasteiger partial charge in [0, 0.05) is 7.11 Å². The van der Waals surface area contributed by atoms with Crippen molar-refractivity contribution in [2.75, 3.05) is 14.2 Å². The van der Waals surface area contributed by atoms with Crippen molar-refractivity contribution in [3.05, 3.63) is 0 Å². The van der Waals surface area contributed by atoms with Crippen LogP contribution in [-0.4, -0.2) is 26.3 Å². The van der Waals surface area contributed by atoms with Crippen molar-refractivity contribution < 1.29 is 19.3 Å². The molecule has 0 saturated carbocycles. The van der Waals surface area contributed by atoms with Gasteiger partial charge in [0.1, 0.15) is 0 Å². The highest BCUT2D eigenvalue weighted by Crippen LogP contribution is 1.90. The van der Waals surface area contributed by atoms with Crippen molar-refractivity contribution in [1.82, 2.24) is 0 Å². The largest absolute Gasteiger partial charge is 0.370 e. The summed E-state index contributed by atoms with van der Waals surface area (Å²) in [5.74, 6) is -0.528. The molecular formula is C5H10O4. The van der Waals surface area contributed by atoms with Crippen molar-refractivity contribution in [2.45, 2.75) is 13.0 Å². The van der Waals surface area contributed by atoms with Crippen LogP contribution in [0.4, 0.5) is 0 Å². The molecule has 0 aromatic heterocycles. The zero-order chi connectivity index (χ0) is 7.28. The third-order valence-corrected chi connectivity index (χ3v) is 0.851. The lowest BCUT2D eigenvalue weighted by Gasteiger charge is -2.04. The molecule has 0 aliphatic carbocycles. The topological polar surface area (TPSA) is 44.8 Å². The molecule has 0 aliphatic heterocycles. The first-order chi connectivity index (χ1) is 4.22. The van der Waals surface area contributed by atoms with E-state index in [4.69, 9.17) is 0 Å². The van der Waals surface area contributed by atoms with Gasteiger partial charge >= 0.3 is 5.97 Å². The monoisotopic (exact) mass is 134 g/mol. The molecule has 0 N–H and O–H groups in total. The van der Waals surface area contributed by atoms with E-state index in [0.29, 0.717) is 0 Å². The number of hydrogen-bond acceptors (Lipinski definition) is 4. The minimum atomic E-state index is -0.565. The summed E-state index contributed by atoms with van der Waals surface area (Å²) < 4.78 is 4.61. The van der Waals surface area contributed by atoms with Crippen molar-refractivity contribution >= 4 is 5.97 Å². The van der Waals surface area contributed by atoms with Gasteiger partial charge in [0.15, 0.2) is 6.10 Å². The lowest BCUT2D eigenvalue weighted by atomic mass is 10.4. The molecule has 0 aromatic rings. The Hall–Kier alpha value is -0.610. The van der Waals surface area contributed by atoms with E-state index in [0.717, 1.165) is 0 Å². The van der Waals surface area contributed by atoms with Crippen molar-refractivity contribution in [3.63, 3.8) is 0 Å². The fourth-order valence-electron chi connectivity index (χ4n) is 0.246. The summed E-state index contributed by atoms with van der Waals surface area (Å²) in [6.45, 7) is 1.57. The molecule has 0 heterocycles. The first kappa shape index (κ1) is 8.39. The summed E-state index contributed by atoms with van der Waals surface area (Å²) in [4.78, 5) is 18.7. The van der Waals surface area contributed by atoms with Crippen molar-refractivity contribution in [2.24, 2.45) is 0 Å². The first-order valence-electron chi connectivity index (χ1n) is 2.49. The lowest BCUT2D eigenvalue weighted by molar-refractivity contribution is -0.262. The predicted molar refractivity (Wildman–Crippen MR) is 29.6 cm³/mol. The molecular weight excluding hydrogens is 124 g/mol. The number of carbonyl (C=O) groups is 1. The smallest absolute Gasteiger partial charge is 0.370 e. The second kappa shape index (κ2) is 4.29. The molecule has 4 nitrogen and oxygen atoms in total. The van der Waals surface area contributed by atoms with Crippen LogP contribution in [0.2, 0.25) is 0 Å². The molecule has 54 valence electrons. The summed E-state index contributed by atoms with van der Waals surface area (Å²) >= 11 is 0. The lowest BCUT2D eigenvalue weighted by Crippen LogP contribution is -2.21. The molecule has 1 atom stereocenters. The quantitative estimate of drug-likeness (QED) is 0.406. The van der Waals surface area contributed by atoms with Gasteiger partial charge in [-0.05, 0) is 6.92 Å². The van der Waals surface area contributed by atoms with E-state index < -0.39 is 12.1 Å². The molecule has 9 heavy (non-hydrogen) atoms. The summed E-state index contributed by atoms with van der Waals surface area (Å²) in [5.41, 5.74) is 0. The molecule has 0 saturated heterocycles. The minimum Gasteiger partial charge on any atom is -0.370 e. The third-order valence-electron chi connectivity index (χ3n) is 0.851. The third kappa shape index (κ3) is 3.05. The van der Waals surface area contributed by atoms with Gasteiger partial charge in [-0.3, -0.25) is 4.89 Å². The van der Waals surface area contributed by atoms with Crippen LogP contribution in [0.1, 0.15) is 6.92 Å². The summed E-state index contributed by atoms with van der Waals surface area (Å²) in [5, 5.41) is 0. The maximum Gasteiger partial charge on any atom is 0.370 e. The highest BCUT2D eigenvalue weighted by Gasteiger charge is 2.12.